The summed E-state index contributed by atoms with van der Waals surface area (Å²) >= 11 is 1.49. The van der Waals surface area contributed by atoms with Crippen LogP contribution in [-0.4, -0.2) is 47.3 Å². The molecule has 0 fully saturated rings. The third-order valence-corrected chi connectivity index (χ3v) is 7.53. The fourth-order valence-corrected chi connectivity index (χ4v) is 5.00. The standard InChI is InChI=1S/C24H26FN3O3S2/c1-27(20-8-4-3-5-9-20)16-15-26-24(29)18-28(21-10-6-7-19(25)17-21)33(30,31)23-13-11-22(32-2)12-14-23/h3-14,17H,15-16,18H2,1-2H3,(H,26,29). The number of halogens is 1. The van der Waals surface area contributed by atoms with E-state index in [9.17, 15) is 17.6 Å². The van der Waals surface area contributed by atoms with Gasteiger partial charge in [-0.15, -0.1) is 11.8 Å². The van der Waals surface area contributed by atoms with Gasteiger partial charge in [0, 0.05) is 30.7 Å². The van der Waals surface area contributed by atoms with Crippen molar-refractivity contribution in [1.82, 2.24) is 5.32 Å². The van der Waals surface area contributed by atoms with Gasteiger partial charge in [0.25, 0.3) is 10.0 Å². The van der Waals surface area contributed by atoms with Crippen molar-refractivity contribution >= 4 is 39.1 Å². The third kappa shape index (κ3) is 6.49. The molecule has 9 heteroatoms. The number of hydrogen-bond donors (Lipinski definition) is 1. The van der Waals surface area contributed by atoms with E-state index >= 15 is 0 Å². The lowest BCUT2D eigenvalue weighted by atomic mass is 10.3. The van der Waals surface area contributed by atoms with Crippen molar-refractivity contribution in [2.45, 2.75) is 9.79 Å². The molecule has 0 saturated carbocycles. The van der Waals surface area contributed by atoms with E-state index in [-0.39, 0.29) is 10.6 Å². The first-order chi connectivity index (χ1) is 15.8. The summed E-state index contributed by atoms with van der Waals surface area (Å²) in [5.41, 5.74) is 1.09. The fourth-order valence-electron chi connectivity index (χ4n) is 3.18. The molecule has 3 rings (SSSR count). The second kappa shape index (κ2) is 11.2. The largest absolute Gasteiger partial charge is 0.373 e. The van der Waals surface area contributed by atoms with Crippen LogP contribution in [0.25, 0.3) is 0 Å². The van der Waals surface area contributed by atoms with Gasteiger partial charge in [-0.25, -0.2) is 12.8 Å². The van der Waals surface area contributed by atoms with Crippen molar-refractivity contribution in [1.29, 1.82) is 0 Å². The van der Waals surface area contributed by atoms with E-state index in [2.05, 4.69) is 5.32 Å². The first-order valence-electron chi connectivity index (χ1n) is 10.3. The molecule has 33 heavy (non-hydrogen) atoms. The Labute approximate surface area is 198 Å². The number of rotatable bonds is 10. The van der Waals surface area contributed by atoms with Gasteiger partial charge in [-0.1, -0.05) is 24.3 Å². The maximum Gasteiger partial charge on any atom is 0.264 e. The van der Waals surface area contributed by atoms with Crippen LogP contribution in [0.1, 0.15) is 0 Å². The molecular weight excluding hydrogens is 461 g/mol. The first kappa shape index (κ1) is 24.6. The molecule has 0 unspecified atom stereocenters. The third-order valence-electron chi connectivity index (χ3n) is 5.00. The molecule has 1 amide bonds. The minimum Gasteiger partial charge on any atom is -0.373 e. The predicted molar refractivity (Wildman–Crippen MR) is 132 cm³/mol. The molecule has 0 aliphatic heterocycles. The number of para-hydroxylation sites is 1. The van der Waals surface area contributed by atoms with Crippen LogP contribution in [0.15, 0.2) is 88.7 Å². The number of benzene rings is 3. The van der Waals surface area contributed by atoms with Crippen LogP contribution in [0.3, 0.4) is 0 Å². The molecule has 3 aromatic carbocycles. The zero-order valence-corrected chi connectivity index (χ0v) is 20.1. The van der Waals surface area contributed by atoms with Gasteiger partial charge in [-0.05, 0) is 60.9 Å². The van der Waals surface area contributed by atoms with E-state index in [0.717, 1.165) is 21.0 Å². The van der Waals surface area contributed by atoms with Crippen LogP contribution in [-0.2, 0) is 14.8 Å². The van der Waals surface area contributed by atoms with Gasteiger partial charge < -0.3 is 10.2 Å². The van der Waals surface area contributed by atoms with E-state index in [1.54, 1.807) is 12.1 Å². The van der Waals surface area contributed by atoms with Crippen LogP contribution in [0.5, 0.6) is 0 Å². The van der Waals surface area contributed by atoms with Crippen LogP contribution < -0.4 is 14.5 Å². The Morgan fingerprint density at radius 1 is 0.970 bits per heavy atom. The number of thioether (sulfide) groups is 1. The number of hydrogen-bond acceptors (Lipinski definition) is 5. The monoisotopic (exact) mass is 487 g/mol. The van der Waals surface area contributed by atoms with Crippen molar-refractivity contribution in [3.8, 4) is 0 Å². The molecule has 0 atom stereocenters. The number of likely N-dealkylation sites (N-methyl/N-ethyl adjacent to an activating group) is 1. The molecule has 0 aliphatic carbocycles. The smallest absolute Gasteiger partial charge is 0.264 e. The van der Waals surface area contributed by atoms with Crippen LogP contribution >= 0.6 is 11.8 Å². The summed E-state index contributed by atoms with van der Waals surface area (Å²) in [7, 11) is -2.18. The highest BCUT2D eigenvalue weighted by Crippen LogP contribution is 2.26. The summed E-state index contributed by atoms with van der Waals surface area (Å²) in [6.07, 6.45) is 1.89. The van der Waals surface area contributed by atoms with Crippen LogP contribution in [0.4, 0.5) is 15.8 Å². The predicted octanol–water partition coefficient (Wildman–Crippen LogP) is 4.00. The lowest BCUT2D eigenvalue weighted by Crippen LogP contribution is -2.42. The molecule has 6 nitrogen and oxygen atoms in total. The minimum atomic E-state index is -4.09. The molecule has 0 bridgehead atoms. The zero-order chi connectivity index (χ0) is 23.8. The number of anilines is 2. The zero-order valence-electron chi connectivity index (χ0n) is 18.4. The summed E-state index contributed by atoms with van der Waals surface area (Å²) in [5, 5.41) is 2.76. The molecule has 0 radical (unpaired) electrons. The van der Waals surface area contributed by atoms with Crippen molar-refractivity contribution < 1.29 is 17.6 Å². The highest BCUT2D eigenvalue weighted by molar-refractivity contribution is 7.98. The Bertz CT molecular complexity index is 1170. The number of carbonyl (C=O) groups is 1. The highest BCUT2D eigenvalue weighted by atomic mass is 32.2. The number of nitrogens with zero attached hydrogens (tertiary/aromatic N) is 2. The van der Waals surface area contributed by atoms with Gasteiger partial charge >= 0.3 is 0 Å². The Morgan fingerprint density at radius 2 is 1.64 bits per heavy atom. The number of amides is 1. The van der Waals surface area contributed by atoms with Crippen LogP contribution in [0.2, 0.25) is 0 Å². The van der Waals surface area contributed by atoms with E-state index in [1.807, 2.05) is 48.5 Å². The SMILES string of the molecule is CSc1ccc(S(=O)(=O)N(CC(=O)NCCN(C)c2ccccc2)c2cccc(F)c2)cc1. The van der Waals surface area contributed by atoms with Crippen molar-refractivity contribution in [2.24, 2.45) is 0 Å². The maximum absolute atomic E-state index is 13.9. The lowest BCUT2D eigenvalue weighted by molar-refractivity contribution is -0.119. The summed E-state index contributed by atoms with van der Waals surface area (Å²) in [6, 6.07) is 21.3. The normalized spacial score (nSPS) is 11.1. The first-order valence-corrected chi connectivity index (χ1v) is 12.9. The average molecular weight is 488 g/mol. The van der Waals surface area contributed by atoms with Crippen molar-refractivity contribution in [2.75, 3.05) is 42.1 Å². The second-order valence-electron chi connectivity index (χ2n) is 7.27. The molecule has 0 spiro atoms. The summed E-state index contributed by atoms with van der Waals surface area (Å²) < 4.78 is 41.5. The summed E-state index contributed by atoms with van der Waals surface area (Å²) in [6.45, 7) is 0.396. The Kier molecular flexibility index (Phi) is 8.35. The van der Waals surface area contributed by atoms with Gasteiger partial charge in [0.2, 0.25) is 5.91 Å². The van der Waals surface area contributed by atoms with Gasteiger partial charge in [-0.2, -0.15) is 0 Å². The molecule has 174 valence electrons. The van der Waals surface area contributed by atoms with E-state index in [4.69, 9.17) is 0 Å². The minimum absolute atomic E-state index is 0.0289. The van der Waals surface area contributed by atoms with E-state index in [0.29, 0.717) is 13.1 Å². The Hall–Kier alpha value is -3.04. The molecule has 0 aliphatic rings. The van der Waals surface area contributed by atoms with Gasteiger partial charge in [0.05, 0.1) is 10.6 Å². The Balaban J connectivity index is 1.75. The van der Waals surface area contributed by atoms with Crippen molar-refractivity contribution in [3.63, 3.8) is 0 Å². The molecule has 0 aromatic heterocycles. The van der Waals surface area contributed by atoms with Crippen molar-refractivity contribution in [3.05, 3.63) is 84.7 Å². The van der Waals surface area contributed by atoms with Gasteiger partial charge in [-0.3, -0.25) is 9.10 Å². The highest BCUT2D eigenvalue weighted by Gasteiger charge is 2.27. The van der Waals surface area contributed by atoms with Gasteiger partial charge in [0.1, 0.15) is 12.4 Å². The summed E-state index contributed by atoms with van der Waals surface area (Å²) in [4.78, 5) is 15.6. The molecule has 0 heterocycles. The lowest BCUT2D eigenvalue weighted by Gasteiger charge is -2.25. The number of nitrogens with one attached hydrogen (secondary N) is 1. The molecule has 0 saturated heterocycles. The quantitative estimate of drug-likeness (QED) is 0.438. The second-order valence-corrected chi connectivity index (χ2v) is 10.0. The average Bonchev–Trinajstić information content (AvgIpc) is 2.83. The van der Waals surface area contributed by atoms with Gasteiger partial charge in [0.15, 0.2) is 0 Å². The number of carbonyl (C=O) groups excluding carboxylic acids is 1. The number of sulfonamides is 1. The Morgan fingerprint density at radius 3 is 2.27 bits per heavy atom. The summed E-state index contributed by atoms with van der Waals surface area (Å²) in [5.74, 6) is -1.07. The topological polar surface area (TPSA) is 69.7 Å². The van der Waals surface area contributed by atoms with E-state index in [1.165, 1.54) is 42.1 Å². The molecule has 3 aromatic rings. The maximum atomic E-state index is 13.9. The fraction of sp³-hybridized carbons (Fsp3) is 0.208. The van der Waals surface area contributed by atoms with Crippen LogP contribution in [0, 0.1) is 5.82 Å². The van der Waals surface area contributed by atoms with E-state index < -0.39 is 28.3 Å². The molecule has 1 N–H and O–H groups in total. The molecular formula is C24H26FN3O3S2.